The predicted molar refractivity (Wildman–Crippen MR) is 64.8 cm³/mol. The fraction of sp³-hybridized carbons (Fsp3) is 0.750. The summed E-state index contributed by atoms with van der Waals surface area (Å²) in [6.45, 7) is 11.7. The second kappa shape index (κ2) is 7.46. The van der Waals surface area contributed by atoms with Gasteiger partial charge in [0.1, 0.15) is 0 Å². The molecule has 0 aromatic carbocycles. The van der Waals surface area contributed by atoms with Gasteiger partial charge in [0.2, 0.25) is 5.91 Å². The van der Waals surface area contributed by atoms with Crippen LogP contribution in [0.3, 0.4) is 0 Å². The lowest BCUT2D eigenvalue weighted by atomic mass is 10.2. The molecule has 0 aliphatic rings. The van der Waals surface area contributed by atoms with E-state index in [4.69, 9.17) is 0 Å². The molecule has 1 amide bonds. The zero-order valence-corrected chi connectivity index (χ0v) is 10.3. The van der Waals surface area contributed by atoms with E-state index in [1.807, 2.05) is 20.8 Å². The van der Waals surface area contributed by atoms with Crippen LogP contribution in [0.25, 0.3) is 0 Å². The number of carbonyl (C=O) groups is 1. The summed E-state index contributed by atoms with van der Waals surface area (Å²) in [5, 5.41) is 6.12. The third-order valence-electron chi connectivity index (χ3n) is 2.37. The molecule has 0 radical (unpaired) electrons. The molecule has 3 heteroatoms. The lowest BCUT2D eigenvalue weighted by Gasteiger charge is -2.20. The molecule has 0 aromatic rings. The first kappa shape index (κ1) is 14.2. The molecule has 0 aliphatic carbocycles. The summed E-state index contributed by atoms with van der Waals surface area (Å²) in [4.78, 5) is 11.7. The van der Waals surface area contributed by atoms with Crippen LogP contribution in [0.15, 0.2) is 12.7 Å². The molecule has 0 aliphatic heterocycles. The van der Waals surface area contributed by atoms with Crippen LogP contribution in [0.1, 0.15) is 40.5 Å². The maximum Gasteiger partial charge on any atom is 0.237 e. The second-order valence-corrected chi connectivity index (χ2v) is 4.11. The second-order valence-electron chi connectivity index (χ2n) is 4.11. The Labute approximate surface area is 93.3 Å². The first-order valence-corrected chi connectivity index (χ1v) is 5.70. The summed E-state index contributed by atoms with van der Waals surface area (Å²) >= 11 is 0. The first-order valence-electron chi connectivity index (χ1n) is 5.70. The van der Waals surface area contributed by atoms with Crippen molar-refractivity contribution in [1.29, 1.82) is 0 Å². The standard InChI is InChI=1S/C12H24N2O/c1-6-8-10(4)14-12(15)11(5)13-9(3)7-2/h7,9-11,13H,2,6,8H2,1,3-5H3,(H,14,15). The molecule has 3 unspecified atom stereocenters. The molecule has 3 atom stereocenters. The van der Waals surface area contributed by atoms with E-state index >= 15 is 0 Å². The van der Waals surface area contributed by atoms with Crippen LogP contribution < -0.4 is 10.6 Å². The van der Waals surface area contributed by atoms with Gasteiger partial charge in [-0.2, -0.15) is 0 Å². The van der Waals surface area contributed by atoms with Crippen molar-refractivity contribution in [3.63, 3.8) is 0 Å². The molecule has 3 nitrogen and oxygen atoms in total. The number of nitrogens with one attached hydrogen (secondary N) is 2. The SMILES string of the molecule is C=CC(C)NC(C)C(=O)NC(C)CCC. The molecular weight excluding hydrogens is 188 g/mol. The molecule has 15 heavy (non-hydrogen) atoms. The van der Waals surface area contributed by atoms with Crippen molar-refractivity contribution in [2.24, 2.45) is 0 Å². The van der Waals surface area contributed by atoms with Crippen molar-refractivity contribution >= 4 is 5.91 Å². The Bertz CT molecular complexity index is 204. The van der Waals surface area contributed by atoms with E-state index in [1.54, 1.807) is 6.08 Å². The Morgan fingerprint density at radius 2 is 2.00 bits per heavy atom. The number of amides is 1. The number of hydrogen-bond donors (Lipinski definition) is 2. The maximum atomic E-state index is 11.7. The highest BCUT2D eigenvalue weighted by Crippen LogP contribution is 1.96. The van der Waals surface area contributed by atoms with E-state index in [9.17, 15) is 4.79 Å². The van der Waals surface area contributed by atoms with E-state index in [0.717, 1.165) is 12.8 Å². The first-order chi connectivity index (χ1) is 7.01. The minimum Gasteiger partial charge on any atom is -0.352 e. The summed E-state index contributed by atoms with van der Waals surface area (Å²) in [5.74, 6) is 0.0599. The quantitative estimate of drug-likeness (QED) is 0.632. The Morgan fingerprint density at radius 1 is 1.40 bits per heavy atom. The Balaban J connectivity index is 3.92. The lowest BCUT2D eigenvalue weighted by molar-refractivity contribution is -0.123. The van der Waals surface area contributed by atoms with Crippen LogP contribution in [0.2, 0.25) is 0 Å². The molecule has 0 bridgehead atoms. The van der Waals surface area contributed by atoms with Gasteiger partial charge in [0.05, 0.1) is 6.04 Å². The highest BCUT2D eigenvalue weighted by Gasteiger charge is 2.15. The molecule has 0 heterocycles. The average molecular weight is 212 g/mol. The zero-order valence-electron chi connectivity index (χ0n) is 10.3. The topological polar surface area (TPSA) is 41.1 Å². The molecule has 88 valence electrons. The molecule has 0 aromatic heterocycles. The monoisotopic (exact) mass is 212 g/mol. The average Bonchev–Trinajstić information content (AvgIpc) is 2.17. The Hall–Kier alpha value is -0.830. The summed E-state index contributed by atoms with van der Waals surface area (Å²) in [7, 11) is 0. The van der Waals surface area contributed by atoms with Crippen LogP contribution in [0.5, 0.6) is 0 Å². The fourth-order valence-electron chi connectivity index (χ4n) is 1.41. The predicted octanol–water partition coefficient (Wildman–Crippen LogP) is 1.84. The Kier molecular flexibility index (Phi) is 7.05. The molecule has 2 N–H and O–H groups in total. The summed E-state index contributed by atoms with van der Waals surface area (Å²) in [6.07, 6.45) is 3.90. The van der Waals surface area contributed by atoms with Crippen molar-refractivity contribution in [3.8, 4) is 0 Å². The van der Waals surface area contributed by atoms with Gasteiger partial charge in [-0.05, 0) is 27.2 Å². The third kappa shape index (κ3) is 6.28. The number of rotatable bonds is 7. The Morgan fingerprint density at radius 3 is 2.47 bits per heavy atom. The van der Waals surface area contributed by atoms with Crippen molar-refractivity contribution in [2.45, 2.75) is 58.7 Å². The minimum atomic E-state index is -0.169. The van der Waals surface area contributed by atoms with Crippen LogP contribution >= 0.6 is 0 Å². The van der Waals surface area contributed by atoms with E-state index < -0.39 is 0 Å². The van der Waals surface area contributed by atoms with E-state index in [0.29, 0.717) is 0 Å². The molecule has 0 spiro atoms. The highest BCUT2D eigenvalue weighted by molar-refractivity contribution is 5.81. The van der Waals surface area contributed by atoms with Gasteiger partial charge in [0.15, 0.2) is 0 Å². The van der Waals surface area contributed by atoms with Crippen molar-refractivity contribution < 1.29 is 4.79 Å². The lowest BCUT2D eigenvalue weighted by Crippen LogP contribution is -2.47. The van der Waals surface area contributed by atoms with Gasteiger partial charge in [-0.3, -0.25) is 4.79 Å². The van der Waals surface area contributed by atoms with E-state index in [2.05, 4.69) is 24.1 Å². The van der Waals surface area contributed by atoms with Crippen LogP contribution in [0, 0.1) is 0 Å². The van der Waals surface area contributed by atoms with Crippen molar-refractivity contribution in [1.82, 2.24) is 10.6 Å². The van der Waals surface area contributed by atoms with Gasteiger partial charge in [0.25, 0.3) is 0 Å². The van der Waals surface area contributed by atoms with Gasteiger partial charge in [0, 0.05) is 12.1 Å². The summed E-state index contributed by atoms with van der Waals surface area (Å²) < 4.78 is 0. The van der Waals surface area contributed by atoms with Gasteiger partial charge in [-0.1, -0.05) is 19.4 Å². The fourth-order valence-corrected chi connectivity index (χ4v) is 1.41. The van der Waals surface area contributed by atoms with Crippen LogP contribution in [-0.4, -0.2) is 24.0 Å². The largest absolute Gasteiger partial charge is 0.352 e. The molecule has 0 rings (SSSR count). The van der Waals surface area contributed by atoms with Crippen molar-refractivity contribution in [3.05, 3.63) is 12.7 Å². The minimum absolute atomic E-state index is 0.0599. The molecule has 0 saturated carbocycles. The molecule has 0 fully saturated rings. The third-order valence-corrected chi connectivity index (χ3v) is 2.37. The van der Waals surface area contributed by atoms with Crippen LogP contribution in [-0.2, 0) is 4.79 Å². The van der Waals surface area contributed by atoms with Crippen LogP contribution in [0.4, 0.5) is 0 Å². The normalized spacial score (nSPS) is 16.5. The number of hydrogen-bond acceptors (Lipinski definition) is 2. The summed E-state index contributed by atoms with van der Waals surface area (Å²) in [6, 6.07) is 0.246. The molecule has 0 saturated heterocycles. The highest BCUT2D eigenvalue weighted by atomic mass is 16.2. The van der Waals surface area contributed by atoms with Gasteiger partial charge >= 0.3 is 0 Å². The number of carbonyl (C=O) groups excluding carboxylic acids is 1. The summed E-state index contributed by atoms with van der Waals surface area (Å²) in [5.41, 5.74) is 0. The maximum absolute atomic E-state index is 11.7. The molecular formula is C12H24N2O. The van der Waals surface area contributed by atoms with E-state index in [-0.39, 0.29) is 24.0 Å². The van der Waals surface area contributed by atoms with E-state index in [1.165, 1.54) is 0 Å². The van der Waals surface area contributed by atoms with Gasteiger partial charge < -0.3 is 10.6 Å². The van der Waals surface area contributed by atoms with Gasteiger partial charge in [-0.25, -0.2) is 0 Å². The zero-order chi connectivity index (χ0) is 11.8. The van der Waals surface area contributed by atoms with Crippen molar-refractivity contribution in [2.75, 3.05) is 0 Å². The smallest absolute Gasteiger partial charge is 0.237 e. The van der Waals surface area contributed by atoms with Gasteiger partial charge in [-0.15, -0.1) is 6.58 Å².